The first kappa shape index (κ1) is 28.3. The van der Waals surface area contributed by atoms with Gasteiger partial charge in [0, 0.05) is 12.8 Å². The first-order chi connectivity index (χ1) is 16.2. The van der Waals surface area contributed by atoms with Crippen LogP contribution in [0.1, 0.15) is 36.8 Å². The van der Waals surface area contributed by atoms with E-state index in [1.807, 2.05) is 60.7 Å². The van der Waals surface area contributed by atoms with Gasteiger partial charge in [-0.15, -0.1) is 0 Å². The molecule has 2 atom stereocenters. The number of hydrogen-bond donors (Lipinski definition) is 4. The topological polar surface area (TPSA) is 179 Å². The van der Waals surface area contributed by atoms with Gasteiger partial charge in [-0.05, 0) is 24.0 Å². The van der Waals surface area contributed by atoms with Gasteiger partial charge < -0.3 is 31.2 Å². The van der Waals surface area contributed by atoms with Crippen molar-refractivity contribution in [1.29, 1.82) is 0 Å². The van der Waals surface area contributed by atoms with Gasteiger partial charge in [-0.25, -0.2) is 0 Å². The Morgan fingerprint density at radius 1 is 0.706 bits per heavy atom. The van der Waals surface area contributed by atoms with Gasteiger partial charge in [0.25, 0.3) is 0 Å². The molecule has 0 spiro atoms. The van der Waals surface area contributed by atoms with Crippen LogP contribution >= 0.6 is 0 Å². The van der Waals surface area contributed by atoms with Crippen molar-refractivity contribution in [2.24, 2.45) is 11.5 Å². The molecule has 0 saturated carbocycles. The van der Waals surface area contributed by atoms with Gasteiger partial charge in [0.05, 0.1) is 0 Å². The predicted molar refractivity (Wildman–Crippen MR) is 122 cm³/mol. The summed E-state index contributed by atoms with van der Waals surface area (Å²) in [6.45, 7) is 0.350. The molecule has 2 rings (SSSR count). The third-order valence-electron chi connectivity index (χ3n) is 4.42. The second kappa shape index (κ2) is 15.9. The predicted octanol–water partition coefficient (Wildman–Crippen LogP) is 1.84. The maximum Gasteiger partial charge on any atom is 0.323 e. The Hall–Kier alpha value is -3.76. The molecular formula is C24H30N2O8. The monoisotopic (exact) mass is 474 g/mol. The van der Waals surface area contributed by atoms with Crippen LogP contribution in [0.25, 0.3) is 0 Å². The Labute approximate surface area is 197 Å². The van der Waals surface area contributed by atoms with E-state index >= 15 is 0 Å². The quantitative estimate of drug-likeness (QED) is 0.332. The minimum absolute atomic E-state index is 0.0142. The number of carbonyl (C=O) groups is 4. The molecule has 2 aromatic rings. The fraction of sp³-hybridized carbons (Fsp3) is 0.333. The number of ether oxygens (including phenoxy) is 2. The molecule has 0 aliphatic heterocycles. The van der Waals surface area contributed by atoms with Crippen molar-refractivity contribution in [3.8, 4) is 0 Å². The number of rotatable bonds is 12. The summed E-state index contributed by atoms with van der Waals surface area (Å²) in [6.07, 6.45) is 0.0494. The lowest BCUT2D eigenvalue weighted by molar-refractivity contribution is -0.147. The van der Waals surface area contributed by atoms with Crippen LogP contribution in [0, 0.1) is 0 Å². The summed E-state index contributed by atoms with van der Waals surface area (Å²) in [4.78, 5) is 43.4. The van der Waals surface area contributed by atoms with E-state index in [2.05, 4.69) is 0 Å². The molecule has 10 heteroatoms. The van der Waals surface area contributed by atoms with Crippen LogP contribution < -0.4 is 11.5 Å². The molecular weight excluding hydrogens is 444 g/mol. The van der Waals surface area contributed by atoms with E-state index in [0.717, 1.165) is 11.1 Å². The molecule has 0 heterocycles. The summed E-state index contributed by atoms with van der Waals surface area (Å²) in [5.74, 6) is -3.10. The van der Waals surface area contributed by atoms with Crippen LogP contribution in [0.2, 0.25) is 0 Å². The molecule has 0 fully saturated rings. The third-order valence-corrected chi connectivity index (χ3v) is 4.42. The Morgan fingerprint density at radius 3 is 1.65 bits per heavy atom. The van der Waals surface area contributed by atoms with Gasteiger partial charge in [0.1, 0.15) is 25.3 Å². The maximum absolute atomic E-state index is 11.4. The highest BCUT2D eigenvalue weighted by Gasteiger charge is 2.16. The molecule has 0 radical (unpaired) electrons. The summed E-state index contributed by atoms with van der Waals surface area (Å²) in [6, 6.07) is 16.6. The van der Waals surface area contributed by atoms with Crippen LogP contribution in [0.5, 0.6) is 0 Å². The van der Waals surface area contributed by atoms with E-state index in [1.165, 1.54) is 0 Å². The molecule has 10 nitrogen and oxygen atoms in total. The van der Waals surface area contributed by atoms with Crippen molar-refractivity contribution in [3.63, 3.8) is 0 Å². The van der Waals surface area contributed by atoms with Crippen molar-refractivity contribution >= 4 is 23.9 Å². The average Bonchev–Trinajstić information content (AvgIpc) is 2.84. The molecule has 0 saturated heterocycles. The molecule has 0 aliphatic carbocycles. The van der Waals surface area contributed by atoms with Gasteiger partial charge in [0.2, 0.25) is 0 Å². The molecule has 0 amide bonds. The summed E-state index contributed by atoms with van der Waals surface area (Å²) >= 11 is 0. The lowest BCUT2D eigenvalue weighted by atomic mass is 10.2. The zero-order valence-electron chi connectivity index (χ0n) is 18.7. The van der Waals surface area contributed by atoms with E-state index in [1.54, 1.807) is 0 Å². The molecule has 0 aromatic heterocycles. The first-order valence-corrected chi connectivity index (χ1v) is 10.5. The number of esters is 2. The highest BCUT2D eigenvalue weighted by molar-refractivity contribution is 5.76. The summed E-state index contributed by atoms with van der Waals surface area (Å²) in [5.41, 5.74) is 12.5. The van der Waals surface area contributed by atoms with Crippen molar-refractivity contribution < 1.29 is 38.9 Å². The molecule has 6 N–H and O–H groups in total. The number of benzene rings is 2. The van der Waals surface area contributed by atoms with E-state index in [-0.39, 0.29) is 38.9 Å². The lowest BCUT2D eigenvalue weighted by Crippen LogP contribution is -2.32. The fourth-order valence-electron chi connectivity index (χ4n) is 2.44. The van der Waals surface area contributed by atoms with E-state index in [4.69, 9.17) is 31.2 Å². The van der Waals surface area contributed by atoms with Crippen molar-refractivity contribution in [3.05, 3.63) is 71.8 Å². The van der Waals surface area contributed by atoms with Gasteiger partial charge >= 0.3 is 23.9 Å². The van der Waals surface area contributed by atoms with Gasteiger partial charge in [-0.1, -0.05) is 60.7 Å². The van der Waals surface area contributed by atoms with Crippen LogP contribution in [-0.4, -0.2) is 46.2 Å². The number of carboxylic acids is 2. The summed E-state index contributed by atoms with van der Waals surface area (Å²) < 4.78 is 9.94. The van der Waals surface area contributed by atoms with Crippen molar-refractivity contribution in [2.75, 3.05) is 0 Å². The number of aliphatic carboxylic acids is 2. The van der Waals surface area contributed by atoms with Gasteiger partial charge in [-0.2, -0.15) is 0 Å². The van der Waals surface area contributed by atoms with E-state index < -0.39 is 36.0 Å². The second-order valence-corrected chi connectivity index (χ2v) is 7.26. The minimum atomic E-state index is -1.11. The van der Waals surface area contributed by atoms with Crippen LogP contribution in [-0.2, 0) is 41.9 Å². The van der Waals surface area contributed by atoms with E-state index in [0.29, 0.717) is 0 Å². The zero-order chi connectivity index (χ0) is 25.3. The van der Waals surface area contributed by atoms with Crippen molar-refractivity contribution in [2.45, 2.75) is 51.0 Å². The number of carbonyl (C=O) groups excluding carboxylic acids is 2. The Kier molecular flexibility index (Phi) is 13.3. The molecule has 184 valence electrons. The highest BCUT2D eigenvalue weighted by atomic mass is 16.5. The minimum Gasteiger partial charge on any atom is -0.481 e. The Balaban J connectivity index is 0.000000340. The Morgan fingerprint density at radius 2 is 1.18 bits per heavy atom. The molecule has 2 aromatic carbocycles. The van der Waals surface area contributed by atoms with Gasteiger partial charge in [-0.3, -0.25) is 19.2 Å². The maximum atomic E-state index is 11.4. The summed E-state index contributed by atoms with van der Waals surface area (Å²) in [7, 11) is 0. The average molecular weight is 475 g/mol. The van der Waals surface area contributed by atoms with Crippen LogP contribution in [0.3, 0.4) is 0 Å². The van der Waals surface area contributed by atoms with Crippen LogP contribution in [0.15, 0.2) is 60.7 Å². The van der Waals surface area contributed by atoms with Crippen LogP contribution in [0.4, 0.5) is 0 Å². The molecule has 0 bridgehead atoms. The standard InChI is InChI=1S/2C12H15NO4/c13-10(12(15)16)6-7-11(14)17-8-9-4-2-1-3-5-9;13-10(6-7-11(14)15)12(16)17-8-9-4-2-1-3-5-9/h1-5,10H,6-8,13H2,(H,15,16);1-5,10H,6-8,13H2,(H,14,15). The Bertz CT molecular complexity index is 906. The third kappa shape index (κ3) is 12.9. The highest BCUT2D eigenvalue weighted by Crippen LogP contribution is 2.05. The normalized spacial score (nSPS) is 11.8. The van der Waals surface area contributed by atoms with Gasteiger partial charge in [0.15, 0.2) is 0 Å². The SMILES string of the molecule is NC(CCC(=O)O)C(=O)OCc1ccccc1.NC(CCC(=O)OCc1ccccc1)C(=O)O. The lowest BCUT2D eigenvalue weighted by Gasteiger charge is -2.10. The largest absolute Gasteiger partial charge is 0.481 e. The smallest absolute Gasteiger partial charge is 0.323 e. The zero-order valence-corrected chi connectivity index (χ0v) is 18.7. The fourth-order valence-corrected chi connectivity index (χ4v) is 2.44. The molecule has 0 aliphatic rings. The number of carboxylic acid groups (broad SMARTS) is 2. The van der Waals surface area contributed by atoms with E-state index in [9.17, 15) is 19.2 Å². The van der Waals surface area contributed by atoms with Crippen molar-refractivity contribution in [1.82, 2.24) is 0 Å². The first-order valence-electron chi connectivity index (χ1n) is 10.5. The molecule has 2 unspecified atom stereocenters. The number of hydrogen-bond acceptors (Lipinski definition) is 8. The summed E-state index contributed by atoms with van der Waals surface area (Å²) in [5, 5.41) is 17.0. The number of nitrogens with two attached hydrogens (primary N) is 2. The molecule has 34 heavy (non-hydrogen) atoms. The second-order valence-electron chi connectivity index (χ2n) is 7.26.